The molecule has 0 aliphatic carbocycles. The van der Waals surface area contributed by atoms with Gasteiger partial charge in [0, 0.05) is 38.5 Å². The van der Waals surface area contributed by atoms with Crippen molar-refractivity contribution in [3.8, 4) is 0 Å². The molecule has 0 atom stereocenters. The Morgan fingerprint density at radius 1 is 1.40 bits per heavy atom. The van der Waals surface area contributed by atoms with E-state index in [2.05, 4.69) is 25.5 Å². The zero-order valence-corrected chi connectivity index (χ0v) is 12.8. The van der Waals surface area contributed by atoms with Crippen LogP contribution in [0.25, 0.3) is 0 Å². The molecular weight excluding hydrogens is 274 g/mol. The Kier molecular flexibility index (Phi) is 5.49. The van der Waals surface area contributed by atoms with Crippen LogP contribution in [-0.4, -0.2) is 48.4 Å². The number of thiocarbonyl (C=S) groups is 1. The first-order chi connectivity index (χ1) is 9.69. The minimum atomic E-state index is 0.514. The van der Waals surface area contributed by atoms with Crippen molar-refractivity contribution in [3.63, 3.8) is 0 Å². The number of methoxy groups -OCH3 is 1. The fraction of sp³-hybridized carbons (Fsp3) is 0.615. The van der Waals surface area contributed by atoms with Crippen LogP contribution in [-0.2, 0) is 4.74 Å². The summed E-state index contributed by atoms with van der Waals surface area (Å²) < 4.78 is 4.96. The topological polar surface area (TPSA) is 62.3 Å². The third-order valence-electron chi connectivity index (χ3n) is 3.09. The Labute approximate surface area is 124 Å². The van der Waals surface area contributed by atoms with Crippen LogP contribution in [0.15, 0.2) is 6.07 Å². The number of hydrogen-bond acceptors (Lipinski definition) is 5. The molecule has 2 rings (SSSR count). The zero-order chi connectivity index (χ0) is 14.4. The first-order valence-electron chi connectivity index (χ1n) is 6.83. The minimum Gasteiger partial charge on any atom is -0.383 e. The molecule has 1 aromatic heterocycles. The summed E-state index contributed by atoms with van der Waals surface area (Å²) in [5, 5.41) is 6.58. The Balaban J connectivity index is 1.98. The zero-order valence-electron chi connectivity index (χ0n) is 12.0. The number of nitrogens with zero attached hydrogens (tertiary/aromatic N) is 3. The summed E-state index contributed by atoms with van der Waals surface area (Å²) in [6.07, 6.45) is 2.45. The summed E-state index contributed by atoms with van der Waals surface area (Å²) >= 11 is 5.20. The maximum atomic E-state index is 5.20. The molecule has 1 aliphatic heterocycles. The van der Waals surface area contributed by atoms with Crippen molar-refractivity contribution in [1.82, 2.24) is 15.3 Å². The quantitative estimate of drug-likeness (QED) is 0.627. The largest absolute Gasteiger partial charge is 0.383 e. The number of rotatable bonds is 5. The lowest BCUT2D eigenvalue weighted by Gasteiger charge is -2.18. The third kappa shape index (κ3) is 4.28. The number of aryl methyl sites for hydroxylation is 1. The summed E-state index contributed by atoms with van der Waals surface area (Å²) in [5.41, 5.74) is 0.934. The maximum absolute atomic E-state index is 5.20. The SMILES string of the molecule is COCCNC(=S)Nc1nc(C)cc(N2CCCC2)n1. The van der Waals surface area contributed by atoms with Crippen LogP contribution in [0.2, 0.25) is 0 Å². The van der Waals surface area contributed by atoms with Crippen LogP contribution in [0.3, 0.4) is 0 Å². The van der Waals surface area contributed by atoms with E-state index in [-0.39, 0.29) is 0 Å². The average Bonchev–Trinajstić information content (AvgIpc) is 2.92. The van der Waals surface area contributed by atoms with E-state index in [4.69, 9.17) is 17.0 Å². The molecule has 0 aromatic carbocycles. The van der Waals surface area contributed by atoms with E-state index in [1.54, 1.807) is 7.11 Å². The minimum absolute atomic E-state index is 0.514. The summed E-state index contributed by atoms with van der Waals surface area (Å²) in [4.78, 5) is 11.2. The lowest BCUT2D eigenvalue weighted by Crippen LogP contribution is -2.32. The molecule has 1 aliphatic rings. The summed E-state index contributed by atoms with van der Waals surface area (Å²) in [6.45, 7) is 5.36. The number of nitrogens with one attached hydrogen (secondary N) is 2. The smallest absolute Gasteiger partial charge is 0.231 e. The van der Waals surface area contributed by atoms with Gasteiger partial charge >= 0.3 is 0 Å². The summed E-state index contributed by atoms with van der Waals surface area (Å²) in [7, 11) is 1.66. The van der Waals surface area contributed by atoms with E-state index in [9.17, 15) is 0 Å². The highest BCUT2D eigenvalue weighted by Gasteiger charge is 2.15. The van der Waals surface area contributed by atoms with Crippen LogP contribution in [0, 0.1) is 6.92 Å². The second-order valence-electron chi connectivity index (χ2n) is 4.76. The van der Waals surface area contributed by atoms with Gasteiger partial charge in [-0.05, 0) is 32.0 Å². The van der Waals surface area contributed by atoms with Gasteiger partial charge in [-0.1, -0.05) is 0 Å². The fourth-order valence-corrected chi connectivity index (χ4v) is 2.32. The van der Waals surface area contributed by atoms with E-state index in [0.29, 0.717) is 24.2 Å². The molecular formula is C13H21N5OS. The van der Waals surface area contributed by atoms with Crippen LogP contribution in [0.4, 0.5) is 11.8 Å². The Morgan fingerprint density at radius 2 is 2.15 bits per heavy atom. The Morgan fingerprint density at radius 3 is 2.85 bits per heavy atom. The molecule has 20 heavy (non-hydrogen) atoms. The second-order valence-corrected chi connectivity index (χ2v) is 5.17. The molecule has 7 heteroatoms. The number of ether oxygens (including phenoxy) is 1. The maximum Gasteiger partial charge on any atom is 0.231 e. The predicted molar refractivity (Wildman–Crippen MR) is 84.3 cm³/mol. The molecule has 2 N–H and O–H groups in total. The number of anilines is 2. The molecule has 0 unspecified atom stereocenters. The van der Waals surface area contributed by atoms with E-state index >= 15 is 0 Å². The highest BCUT2D eigenvalue weighted by molar-refractivity contribution is 7.80. The molecule has 0 radical (unpaired) electrons. The van der Waals surface area contributed by atoms with Crippen LogP contribution < -0.4 is 15.5 Å². The van der Waals surface area contributed by atoms with Crippen molar-refractivity contribution in [2.24, 2.45) is 0 Å². The van der Waals surface area contributed by atoms with Gasteiger partial charge in [-0.15, -0.1) is 0 Å². The van der Waals surface area contributed by atoms with E-state index < -0.39 is 0 Å². The molecule has 1 saturated heterocycles. The van der Waals surface area contributed by atoms with Gasteiger partial charge < -0.3 is 20.3 Å². The van der Waals surface area contributed by atoms with E-state index in [1.807, 2.05) is 13.0 Å². The fourth-order valence-electron chi connectivity index (χ4n) is 2.13. The van der Waals surface area contributed by atoms with Crippen molar-refractivity contribution in [2.45, 2.75) is 19.8 Å². The summed E-state index contributed by atoms with van der Waals surface area (Å²) in [6, 6.07) is 2.01. The lowest BCUT2D eigenvalue weighted by molar-refractivity contribution is 0.204. The standard InChI is InChI=1S/C13H21N5OS/c1-10-9-11(18-6-3-4-7-18)16-12(15-10)17-13(20)14-5-8-19-2/h9H,3-8H2,1-2H3,(H2,14,15,16,17,20). The van der Waals surface area contributed by atoms with Gasteiger partial charge in [0.05, 0.1) is 6.61 Å². The van der Waals surface area contributed by atoms with Gasteiger partial charge in [-0.25, -0.2) is 4.98 Å². The highest BCUT2D eigenvalue weighted by atomic mass is 32.1. The molecule has 0 saturated carbocycles. The molecule has 1 aromatic rings. The Bertz CT molecular complexity index is 462. The predicted octanol–water partition coefficient (Wildman–Crippen LogP) is 1.32. The van der Waals surface area contributed by atoms with Crippen molar-refractivity contribution in [2.75, 3.05) is 43.6 Å². The first-order valence-corrected chi connectivity index (χ1v) is 7.24. The summed E-state index contributed by atoms with van der Waals surface area (Å²) in [5.74, 6) is 1.51. The van der Waals surface area contributed by atoms with Crippen LogP contribution in [0.5, 0.6) is 0 Å². The van der Waals surface area contributed by atoms with Gasteiger partial charge in [0.15, 0.2) is 5.11 Å². The van der Waals surface area contributed by atoms with Gasteiger partial charge in [0.25, 0.3) is 0 Å². The molecule has 6 nitrogen and oxygen atoms in total. The van der Waals surface area contributed by atoms with Crippen molar-refractivity contribution in [3.05, 3.63) is 11.8 Å². The first kappa shape index (κ1) is 14.9. The Hall–Kier alpha value is -1.47. The van der Waals surface area contributed by atoms with E-state index in [0.717, 1.165) is 24.6 Å². The van der Waals surface area contributed by atoms with Gasteiger partial charge in [-0.2, -0.15) is 4.98 Å². The van der Waals surface area contributed by atoms with Crippen molar-refractivity contribution in [1.29, 1.82) is 0 Å². The van der Waals surface area contributed by atoms with Crippen molar-refractivity contribution < 1.29 is 4.74 Å². The van der Waals surface area contributed by atoms with Gasteiger partial charge in [0.1, 0.15) is 5.82 Å². The molecule has 1 fully saturated rings. The van der Waals surface area contributed by atoms with Crippen LogP contribution >= 0.6 is 12.2 Å². The number of hydrogen-bond donors (Lipinski definition) is 2. The van der Waals surface area contributed by atoms with Crippen molar-refractivity contribution >= 4 is 29.1 Å². The average molecular weight is 295 g/mol. The monoisotopic (exact) mass is 295 g/mol. The molecule has 0 spiro atoms. The van der Waals surface area contributed by atoms with E-state index in [1.165, 1.54) is 12.8 Å². The molecule has 110 valence electrons. The third-order valence-corrected chi connectivity index (χ3v) is 3.33. The molecule has 2 heterocycles. The second kappa shape index (κ2) is 7.35. The molecule has 0 amide bonds. The normalized spacial score (nSPS) is 14.4. The van der Waals surface area contributed by atoms with Crippen LogP contribution in [0.1, 0.15) is 18.5 Å². The number of aromatic nitrogens is 2. The van der Waals surface area contributed by atoms with Gasteiger partial charge in [-0.3, -0.25) is 0 Å². The van der Waals surface area contributed by atoms with Gasteiger partial charge in [0.2, 0.25) is 5.95 Å². The highest BCUT2D eigenvalue weighted by Crippen LogP contribution is 2.19. The molecule has 0 bridgehead atoms. The lowest BCUT2D eigenvalue weighted by atomic mass is 10.4.